The monoisotopic (exact) mass is 386 g/mol. The van der Waals surface area contributed by atoms with Crippen LogP contribution in [0.25, 0.3) is 0 Å². The summed E-state index contributed by atoms with van der Waals surface area (Å²) in [4.78, 5) is 13.9. The molecule has 1 heterocycles. The van der Waals surface area contributed by atoms with E-state index in [0.717, 1.165) is 28.8 Å². The molecule has 5 nitrogen and oxygen atoms in total. The summed E-state index contributed by atoms with van der Waals surface area (Å²) in [7, 11) is -3.72. The Balaban J connectivity index is 1.95. The molecule has 1 amide bonds. The zero-order valence-corrected chi connectivity index (χ0v) is 17.1. The number of rotatable bonds is 5. The molecule has 0 spiro atoms. The van der Waals surface area contributed by atoms with Crippen molar-refractivity contribution in [1.29, 1.82) is 0 Å². The van der Waals surface area contributed by atoms with E-state index in [0.29, 0.717) is 18.7 Å². The Bertz CT molecular complexity index is 981. The molecule has 1 aliphatic rings. The van der Waals surface area contributed by atoms with Crippen LogP contribution in [0.3, 0.4) is 0 Å². The lowest BCUT2D eigenvalue weighted by Gasteiger charge is -2.20. The topological polar surface area (TPSA) is 66.5 Å². The first-order valence-electron chi connectivity index (χ1n) is 9.24. The lowest BCUT2D eigenvalue weighted by molar-refractivity contribution is -0.117. The maximum atomic E-state index is 13.0. The number of amides is 1. The average molecular weight is 387 g/mol. The fraction of sp³-hybridized carbons (Fsp3) is 0.381. The molecule has 1 N–H and O–H groups in total. The van der Waals surface area contributed by atoms with Crippen molar-refractivity contribution in [2.45, 2.75) is 51.3 Å². The van der Waals surface area contributed by atoms with Crippen molar-refractivity contribution in [3.63, 3.8) is 0 Å². The van der Waals surface area contributed by atoms with Gasteiger partial charge in [-0.1, -0.05) is 32.0 Å². The van der Waals surface area contributed by atoms with Crippen LogP contribution >= 0.6 is 0 Å². The van der Waals surface area contributed by atoms with Gasteiger partial charge in [-0.2, -0.15) is 0 Å². The van der Waals surface area contributed by atoms with E-state index in [9.17, 15) is 13.2 Å². The van der Waals surface area contributed by atoms with Crippen LogP contribution in [0.4, 0.5) is 11.4 Å². The Hall–Kier alpha value is -2.34. The largest absolute Gasteiger partial charge is 0.312 e. The normalized spacial score (nSPS) is 14.9. The van der Waals surface area contributed by atoms with Crippen molar-refractivity contribution >= 4 is 27.3 Å². The molecule has 2 aromatic carbocycles. The van der Waals surface area contributed by atoms with E-state index in [4.69, 9.17) is 0 Å². The molecule has 0 bridgehead atoms. The third-order valence-corrected chi connectivity index (χ3v) is 6.35. The summed E-state index contributed by atoms with van der Waals surface area (Å²) in [6.07, 6.45) is 1.39. The highest BCUT2D eigenvalue weighted by Crippen LogP contribution is 2.31. The number of para-hydroxylation sites is 1. The minimum atomic E-state index is -3.72. The second kappa shape index (κ2) is 7.35. The van der Waals surface area contributed by atoms with Crippen LogP contribution in [0.15, 0.2) is 41.3 Å². The standard InChI is InChI=1S/C21H26N2O3S/c1-14(2)18-8-5-7-15(3)21(18)22-27(25,26)17-10-11-19(16(4)13-17)23-12-6-9-20(23)24/h5,7-8,10-11,13-14,22H,6,9,12H2,1-4H3. The van der Waals surface area contributed by atoms with Crippen molar-refractivity contribution in [2.75, 3.05) is 16.2 Å². The molecule has 6 heteroatoms. The summed E-state index contributed by atoms with van der Waals surface area (Å²) in [5, 5.41) is 0. The molecule has 0 aliphatic carbocycles. The summed E-state index contributed by atoms with van der Waals surface area (Å²) in [5.41, 5.74) is 4.07. The third kappa shape index (κ3) is 3.86. The molecule has 144 valence electrons. The fourth-order valence-corrected chi connectivity index (χ4v) is 4.75. The quantitative estimate of drug-likeness (QED) is 0.830. The van der Waals surface area contributed by atoms with E-state index in [2.05, 4.69) is 4.72 Å². The number of aryl methyl sites for hydroxylation is 2. The zero-order valence-electron chi connectivity index (χ0n) is 16.2. The van der Waals surface area contributed by atoms with Gasteiger partial charge in [-0.15, -0.1) is 0 Å². The molecular weight excluding hydrogens is 360 g/mol. The van der Waals surface area contributed by atoms with Crippen LogP contribution in [0.2, 0.25) is 0 Å². The summed E-state index contributed by atoms with van der Waals surface area (Å²) in [6.45, 7) is 8.51. The van der Waals surface area contributed by atoms with Gasteiger partial charge in [0.25, 0.3) is 10.0 Å². The third-order valence-electron chi connectivity index (χ3n) is 5.01. The van der Waals surface area contributed by atoms with Gasteiger partial charge in [-0.3, -0.25) is 9.52 Å². The van der Waals surface area contributed by atoms with E-state index in [1.165, 1.54) is 0 Å². The van der Waals surface area contributed by atoms with E-state index < -0.39 is 10.0 Å². The number of carbonyl (C=O) groups excluding carboxylic acids is 1. The van der Waals surface area contributed by atoms with Gasteiger partial charge < -0.3 is 4.90 Å². The van der Waals surface area contributed by atoms with Gasteiger partial charge >= 0.3 is 0 Å². The molecule has 0 unspecified atom stereocenters. The Morgan fingerprint density at radius 1 is 1.07 bits per heavy atom. The molecule has 0 saturated carbocycles. The SMILES string of the molecule is Cc1cc(S(=O)(=O)Nc2c(C)cccc2C(C)C)ccc1N1CCCC1=O. The van der Waals surface area contributed by atoms with Crippen molar-refractivity contribution in [1.82, 2.24) is 0 Å². The number of benzene rings is 2. The molecule has 1 aliphatic heterocycles. The van der Waals surface area contributed by atoms with E-state index in [1.54, 1.807) is 23.1 Å². The van der Waals surface area contributed by atoms with E-state index in [-0.39, 0.29) is 16.7 Å². The Kier molecular flexibility index (Phi) is 5.29. The summed E-state index contributed by atoms with van der Waals surface area (Å²) < 4.78 is 28.7. The lowest BCUT2D eigenvalue weighted by Crippen LogP contribution is -2.24. The van der Waals surface area contributed by atoms with E-state index in [1.807, 2.05) is 45.9 Å². The number of hydrogen-bond donors (Lipinski definition) is 1. The molecule has 2 aromatic rings. The molecular formula is C21H26N2O3S. The summed E-state index contributed by atoms with van der Waals surface area (Å²) >= 11 is 0. The summed E-state index contributed by atoms with van der Waals surface area (Å²) in [5.74, 6) is 0.293. The van der Waals surface area contributed by atoms with Crippen LogP contribution < -0.4 is 9.62 Å². The molecule has 0 atom stereocenters. The smallest absolute Gasteiger partial charge is 0.261 e. The number of sulfonamides is 1. The highest BCUT2D eigenvalue weighted by molar-refractivity contribution is 7.92. The predicted octanol–water partition coefficient (Wildman–Crippen LogP) is 4.35. The number of nitrogens with zero attached hydrogens (tertiary/aromatic N) is 1. The molecule has 27 heavy (non-hydrogen) atoms. The number of carbonyl (C=O) groups is 1. The first-order chi connectivity index (χ1) is 12.7. The van der Waals surface area contributed by atoms with Crippen molar-refractivity contribution in [3.05, 3.63) is 53.1 Å². The van der Waals surface area contributed by atoms with Gasteiger partial charge in [0.2, 0.25) is 5.91 Å². The lowest BCUT2D eigenvalue weighted by atomic mass is 9.99. The second-order valence-electron chi connectivity index (χ2n) is 7.40. The minimum absolute atomic E-state index is 0.0910. The Labute approximate surface area is 161 Å². The van der Waals surface area contributed by atoms with Gasteiger partial charge in [0.15, 0.2) is 0 Å². The molecule has 0 radical (unpaired) electrons. The first-order valence-corrected chi connectivity index (χ1v) is 10.7. The second-order valence-corrected chi connectivity index (χ2v) is 9.08. The predicted molar refractivity (Wildman–Crippen MR) is 109 cm³/mol. The van der Waals surface area contributed by atoms with E-state index >= 15 is 0 Å². The van der Waals surface area contributed by atoms with Gasteiger partial charge in [-0.25, -0.2) is 8.42 Å². The highest BCUT2D eigenvalue weighted by atomic mass is 32.2. The minimum Gasteiger partial charge on any atom is -0.312 e. The maximum Gasteiger partial charge on any atom is 0.261 e. The molecule has 0 aromatic heterocycles. The fourth-order valence-electron chi connectivity index (χ4n) is 3.51. The van der Waals surface area contributed by atoms with Gasteiger partial charge in [0, 0.05) is 18.7 Å². The number of nitrogens with one attached hydrogen (secondary N) is 1. The van der Waals surface area contributed by atoms with Crippen molar-refractivity contribution in [2.24, 2.45) is 0 Å². The number of anilines is 2. The van der Waals surface area contributed by atoms with Crippen LogP contribution in [-0.2, 0) is 14.8 Å². The van der Waals surface area contributed by atoms with Crippen LogP contribution in [-0.4, -0.2) is 20.9 Å². The van der Waals surface area contributed by atoms with Crippen LogP contribution in [0, 0.1) is 13.8 Å². The Morgan fingerprint density at radius 3 is 2.41 bits per heavy atom. The van der Waals surface area contributed by atoms with Gasteiger partial charge in [0.05, 0.1) is 10.6 Å². The summed E-state index contributed by atoms with van der Waals surface area (Å²) in [6, 6.07) is 10.7. The van der Waals surface area contributed by atoms with Crippen molar-refractivity contribution in [3.8, 4) is 0 Å². The highest BCUT2D eigenvalue weighted by Gasteiger charge is 2.25. The first kappa shape index (κ1) is 19.4. The van der Waals surface area contributed by atoms with Gasteiger partial charge in [0.1, 0.15) is 0 Å². The van der Waals surface area contributed by atoms with Crippen molar-refractivity contribution < 1.29 is 13.2 Å². The average Bonchev–Trinajstić information content (AvgIpc) is 3.02. The van der Waals surface area contributed by atoms with Crippen LogP contribution in [0.1, 0.15) is 49.3 Å². The van der Waals surface area contributed by atoms with Crippen LogP contribution in [0.5, 0.6) is 0 Å². The number of hydrogen-bond acceptors (Lipinski definition) is 3. The molecule has 1 saturated heterocycles. The molecule has 1 fully saturated rings. The molecule has 3 rings (SSSR count). The maximum absolute atomic E-state index is 13.0. The zero-order chi connectivity index (χ0) is 19.8. The van der Waals surface area contributed by atoms with Gasteiger partial charge in [-0.05, 0) is 61.1 Å². The Morgan fingerprint density at radius 2 is 1.81 bits per heavy atom.